The topological polar surface area (TPSA) is 41.1 Å². The SMILES string of the molecule is Cl.O=C(NC(c1ccc(F)cc1)c1ccc(F)cc1)C1CC12CCNCC2. The van der Waals surface area contributed by atoms with Gasteiger partial charge in [0.15, 0.2) is 0 Å². The van der Waals surface area contributed by atoms with Crippen LogP contribution in [0.2, 0.25) is 0 Å². The molecule has 1 heterocycles. The number of benzene rings is 2. The Bertz CT molecular complexity index is 743. The summed E-state index contributed by atoms with van der Waals surface area (Å²) >= 11 is 0. The van der Waals surface area contributed by atoms with Crippen molar-refractivity contribution in [3.63, 3.8) is 0 Å². The van der Waals surface area contributed by atoms with Crippen molar-refractivity contribution in [2.24, 2.45) is 11.3 Å². The second kappa shape index (κ2) is 7.95. The van der Waals surface area contributed by atoms with Gasteiger partial charge in [0, 0.05) is 5.92 Å². The summed E-state index contributed by atoms with van der Waals surface area (Å²) in [4.78, 5) is 12.9. The number of hydrogen-bond acceptors (Lipinski definition) is 2. The third-order valence-electron chi connectivity index (χ3n) is 5.80. The summed E-state index contributed by atoms with van der Waals surface area (Å²) in [6, 6.07) is 11.8. The zero-order valence-corrected chi connectivity index (χ0v) is 15.7. The lowest BCUT2D eigenvalue weighted by Crippen LogP contribution is -2.35. The van der Waals surface area contributed by atoms with Crippen molar-refractivity contribution in [1.29, 1.82) is 0 Å². The number of carbonyl (C=O) groups excluding carboxylic acids is 1. The fraction of sp³-hybridized carbons (Fsp3) is 0.381. The van der Waals surface area contributed by atoms with Crippen LogP contribution in [0.25, 0.3) is 0 Å². The summed E-state index contributed by atoms with van der Waals surface area (Å²) in [7, 11) is 0. The van der Waals surface area contributed by atoms with Crippen LogP contribution in [0.1, 0.15) is 36.4 Å². The van der Waals surface area contributed by atoms with E-state index in [1.54, 1.807) is 24.3 Å². The molecule has 3 nitrogen and oxygen atoms in total. The molecule has 2 aliphatic rings. The molecule has 0 aromatic heterocycles. The molecule has 1 atom stereocenters. The van der Waals surface area contributed by atoms with Crippen LogP contribution in [0, 0.1) is 23.0 Å². The number of hydrogen-bond donors (Lipinski definition) is 2. The molecule has 6 heteroatoms. The summed E-state index contributed by atoms with van der Waals surface area (Å²) in [5.41, 5.74) is 1.71. The first-order chi connectivity index (χ1) is 12.6. The molecule has 2 aromatic carbocycles. The largest absolute Gasteiger partial charge is 0.345 e. The van der Waals surface area contributed by atoms with E-state index >= 15 is 0 Å². The van der Waals surface area contributed by atoms with Gasteiger partial charge in [0.1, 0.15) is 11.6 Å². The van der Waals surface area contributed by atoms with Crippen LogP contribution in [0.4, 0.5) is 8.78 Å². The Labute approximate surface area is 164 Å². The molecular weight excluding hydrogens is 370 g/mol. The molecule has 0 radical (unpaired) electrons. The molecule has 144 valence electrons. The molecule has 2 N–H and O–H groups in total. The molecule has 27 heavy (non-hydrogen) atoms. The number of piperidine rings is 1. The standard InChI is InChI=1S/C21H22F2N2O.ClH/c22-16-5-1-14(2-6-16)19(15-3-7-17(23)8-4-15)25-20(26)18-13-21(18)9-11-24-12-10-21;/h1-8,18-19,24H,9-13H2,(H,25,26);1H. The highest BCUT2D eigenvalue weighted by atomic mass is 35.5. The maximum absolute atomic E-state index is 13.3. The predicted molar refractivity (Wildman–Crippen MR) is 103 cm³/mol. The van der Waals surface area contributed by atoms with Crippen molar-refractivity contribution in [1.82, 2.24) is 10.6 Å². The summed E-state index contributed by atoms with van der Waals surface area (Å²) in [6.45, 7) is 1.92. The summed E-state index contributed by atoms with van der Waals surface area (Å²) < 4.78 is 26.6. The van der Waals surface area contributed by atoms with Gasteiger partial charge in [0.2, 0.25) is 5.91 Å². The molecule has 1 aliphatic heterocycles. The third-order valence-corrected chi connectivity index (χ3v) is 5.80. The zero-order chi connectivity index (χ0) is 18.1. The minimum Gasteiger partial charge on any atom is -0.345 e. The van der Waals surface area contributed by atoms with Crippen LogP contribution in [0.15, 0.2) is 48.5 Å². The van der Waals surface area contributed by atoms with Gasteiger partial charge < -0.3 is 10.6 Å². The second-order valence-corrected chi connectivity index (χ2v) is 7.41. The molecule has 2 aromatic rings. The lowest BCUT2D eigenvalue weighted by molar-refractivity contribution is -0.123. The molecule has 1 unspecified atom stereocenters. The lowest BCUT2D eigenvalue weighted by atomic mass is 9.91. The van der Waals surface area contributed by atoms with Crippen molar-refractivity contribution in [3.8, 4) is 0 Å². The van der Waals surface area contributed by atoms with Crippen LogP contribution in [-0.2, 0) is 4.79 Å². The Morgan fingerprint density at radius 3 is 1.93 bits per heavy atom. The fourth-order valence-corrected chi connectivity index (χ4v) is 4.11. The first-order valence-corrected chi connectivity index (χ1v) is 9.09. The average molecular weight is 393 g/mol. The quantitative estimate of drug-likeness (QED) is 0.826. The van der Waals surface area contributed by atoms with Crippen molar-refractivity contribution in [3.05, 3.63) is 71.3 Å². The van der Waals surface area contributed by atoms with Gasteiger partial charge in [-0.2, -0.15) is 0 Å². The molecule has 0 bridgehead atoms. The maximum atomic E-state index is 13.3. The van der Waals surface area contributed by atoms with Gasteiger partial charge in [-0.1, -0.05) is 24.3 Å². The Kier molecular flexibility index (Phi) is 5.82. The number of carbonyl (C=O) groups is 1. The number of amides is 1. The fourth-order valence-electron chi connectivity index (χ4n) is 4.11. The Morgan fingerprint density at radius 1 is 0.963 bits per heavy atom. The number of nitrogens with one attached hydrogen (secondary N) is 2. The highest BCUT2D eigenvalue weighted by Gasteiger charge is 2.57. The van der Waals surface area contributed by atoms with Gasteiger partial charge >= 0.3 is 0 Å². The van der Waals surface area contributed by atoms with Crippen molar-refractivity contribution in [2.45, 2.75) is 25.3 Å². The van der Waals surface area contributed by atoms with E-state index in [-0.39, 0.29) is 41.3 Å². The highest BCUT2D eigenvalue weighted by Crippen LogP contribution is 2.58. The highest BCUT2D eigenvalue weighted by molar-refractivity contribution is 5.85. The zero-order valence-electron chi connectivity index (χ0n) is 14.9. The maximum Gasteiger partial charge on any atom is 0.224 e. The van der Waals surface area contributed by atoms with Crippen LogP contribution in [0.5, 0.6) is 0 Å². The van der Waals surface area contributed by atoms with Crippen LogP contribution in [-0.4, -0.2) is 19.0 Å². The van der Waals surface area contributed by atoms with Crippen molar-refractivity contribution < 1.29 is 13.6 Å². The number of rotatable bonds is 4. The third kappa shape index (κ3) is 4.14. The molecule has 1 saturated heterocycles. The van der Waals surface area contributed by atoms with E-state index in [0.717, 1.165) is 43.5 Å². The average Bonchev–Trinajstić information content (AvgIpc) is 3.35. The molecule has 2 fully saturated rings. The van der Waals surface area contributed by atoms with E-state index in [1.807, 2.05) is 0 Å². The summed E-state index contributed by atoms with van der Waals surface area (Å²) in [5, 5.41) is 6.46. The number of halogens is 3. The minimum atomic E-state index is -0.414. The van der Waals surface area contributed by atoms with Gasteiger partial charge in [-0.25, -0.2) is 8.78 Å². The smallest absolute Gasteiger partial charge is 0.224 e. The van der Waals surface area contributed by atoms with Gasteiger partial charge in [-0.3, -0.25) is 4.79 Å². The monoisotopic (exact) mass is 392 g/mol. The lowest BCUT2D eigenvalue weighted by Gasteiger charge is -2.25. The molecule has 4 rings (SSSR count). The molecule has 1 aliphatic carbocycles. The predicted octanol–water partition coefficient (Wildman–Crippen LogP) is 3.98. The molecule has 1 amide bonds. The Balaban J connectivity index is 0.00000210. The second-order valence-electron chi connectivity index (χ2n) is 7.41. The first-order valence-electron chi connectivity index (χ1n) is 9.09. The van der Waals surface area contributed by atoms with Crippen LogP contribution >= 0.6 is 12.4 Å². The van der Waals surface area contributed by atoms with Gasteiger partial charge in [-0.05, 0) is 73.2 Å². The van der Waals surface area contributed by atoms with E-state index in [0.29, 0.717) is 0 Å². The van der Waals surface area contributed by atoms with Gasteiger partial charge in [0.25, 0.3) is 0 Å². The van der Waals surface area contributed by atoms with Gasteiger partial charge in [-0.15, -0.1) is 12.4 Å². The summed E-state index contributed by atoms with van der Waals surface area (Å²) in [6.07, 6.45) is 2.99. The molecule has 1 saturated carbocycles. The van der Waals surface area contributed by atoms with E-state index in [4.69, 9.17) is 0 Å². The normalized spacial score (nSPS) is 20.2. The van der Waals surface area contributed by atoms with E-state index < -0.39 is 6.04 Å². The van der Waals surface area contributed by atoms with Crippen molar-refractivity contribution in [2.75, 3.05) is 13.1 Å². The van der Waals surface area contributed by atoms with Crippen molar-refractivity contribution >= 4 is 18.3 Å². The summed E-state index contributed by atoms with van der Waals surface area (Å²) in [5.74, 6) is -0.582. The minimum absolute atomic E-state index is 0. The van der Waals surface area contributed by atoms with Crippen LogP contribution < -0.4 is 10.6 Å². The molecular formula is C21H23ClF2N2O. The van der Waals surface area contributed by atoms with E-state index in [2.05, 4.69) is 10.6 Å². The van der Waals surface area contributed by atoms with Gasteiger partial charge in [0.05, 0.1) is 6.04 Å². The Morgan fingerprint density at radius 2 is 1.44 bits per heavy atom. The first kappa shape index (κ1) is 19.8. The van der Waals surface area contributed by atoms with E-state index in [9.17, 15) is 13.6 Å². The van der Waals surface area contributed by atoms with Crippen LogP contribution in [0.3, 0.4) is 0 Å². The Hall–Kier alpha value is -1.98. The van der Waals surface area contributed by atoms with E-state index in [1.165, 1.54) is 24.3 Å². The molecule has 1 spiro atoms.